The van der Waals surface area contributed by atoms with Gasteiger partial charge in [0.2, 0.25) is 0 Å². The van der Waals surface area contributed by atoms with E-state index in [9.17, 15) is 5.11 Å². The molecule has 0 aromatic rings. The van der Waals surface area contributed by atoms with Gasteiger partial charge in [0.1, 0.15) is 0 Å². The zero-order chi connectivity index (χ0) is 13.0. The van der Waals surface area contributed by atoms with Gasteiger partial charge in [-0.05, 0) is 39.8 Å². The van der Waals surface area contributed by atoms with Gasteiger partial charge in [-0.2, -0.15) is 0 Å². The predicted molar refractivity (Wildman–Crippen MR) is 70.7 cm³/mol. The molecule has 0 saturated carbocycles. The first-order valence-corrected chi connectivity index (χ1v) is 6.23. The predicted octanol–water partition coefficient (Wildman–Crippen LogP) is 1.71. The molecule has 0 radical (unpaired) electrons. The van der Waals surface area contributed by atoms with Gasteiger partial charge in [0.25, 0.3) is 0 Å². The Morgan fingerprint density at radius 3 is 2.06 bits per heavy atom. The Morgan fingerprint density at radius 2 is 1.69 bits per heavy atom. The van der Waals surface area contributed by atoms with E-state index in [0.717, 1.165) is 13.1 Å². The molecule has 0 aromatic carbocycles. The molecule has 2 N–H and O–H groups in total. The standard InChI is InChI=1S/C13H30N2O/c1-8-14-11(2)12(3,4)9-15(7)10-13(5,6)16/h11,14,16H,8-10H2,1-7H3. The highest BCUT2D eigenvalue weighted by molar-refractivity contribution is 4.84. The second-order valence-electron chi connectivity index (χ2n) is 6.25. The number of rotatable bonds is 7. The number of nitrogens with one attached hydrogen (secondary N) is 1. The smallest absolute Gasteiger partial charge is 0.0718 e. The van der Waals surface area contributed by atoms with Crippen molar-refractivity contribution in [1.29, 1.82) is 0 Å². The highest BCUT2D eigenvalue weighted by Gasteiger charge is 2.28. The molecule has 0 aliphatic carbocycles. The summed E-state index contributed by atoms with van der Waals surface area (Å²) in [4.78, 5) is 2.20. The van der Waals surface area contributed by atoms with E-state index in [0.29, 0.717) is 12.6 Å². The summed E-state index contributed by atoms with van der Waals surface area (Å²) < 4.78 is 0. The third kappa shape index (κ3) is 6.46. The third-order valence-electron chi connectivity index (χ3n) is 3.02. The molecule has 98 valence electrons. The highest BCUT2D eigenvalue weighted by atomic mass is 16.3. The first kappa shape index (κ1) is 15.9. The normalized spacial score (nSPS) is 15.6. The van der Waals surface area contributed by atoms with Gasteiger partial charge >= 0.3 is 0 Å². The molecule has 0 fully saturated rings. The summed E-state index contributed by atoms with van der Waals surface area (Å²) in [5, 5.41) is 13.2. The molecule has 0 amide bonds. The van der Waals surface area contributed by atoms with Crippen molar-refractivity contribution in [3.8, 4) is 0 Å². The van der Waals surface area contributed by atoms with Crippen LogP contribution in [0.5, 0.6) is 0 Å². The zero-order valence-corrected chi connectivity index (χ0v) is 12.1. The molecule has 0 rings (SSSR count). The van der Waals surface area contributed by atoms with Gasteiger partial charge in [0.05, 0.1) is 5.60 Å². The molecule has 0 heterocycles. The Morgan fingerprint density at radius 1 is 1.19 bits per heavy atom. The van der Waals surface area contributed by atoms with Crippen molar-refractivity contribution in [2.45, 2.75) is 53.2 Å². The minimum atomic E-state index is -0.619. The average Bonchev–Trinajstić information content (AvgIpc) is 1.99. The second kappa shape index (κ2) is 5.99. The monoisotopic (exact) mass is 230 g/mol. The van der Waals surface area contributed by atoms with E-state index >= 15 is 0 Å². The summed E-state index contributed by atoms with van der Waals surface area (Å²) in [5.74, 6) is 0. The van der Waals surface area contributed by atoms with Crippen LogP contribution in [0, 0.1) is 5.41 Å². The average molecular weight is 230 g/mol. The van der Waals surface area contributed by atoms with Crippen molar-refractivity contribution >= 4 is 0 Å². The van der Waals surface area contributed by atoms with Gasteiger partial charge in [-0.3, -0.25) is 0 Å². The lowest BCUT2D eigenvalue weighted by molar-refractivity contribution is 0.0302. The van der Waals surface area contributed by atoms with Crippen LogP contribution in [0.15, 0.2) is 0 Å². The van der Waals surface area contributed by atoms with Gasteiger partial charge < -0.3 is 15.3 Å². The fourth-order valence-electron chi connectivity index (χ4n) is 2.13. The van der Waals surface area contributed by atoms with Crippen LogP contribution >= 0.6 is 0 Å². The van der Waals surface area contributed by atoms with Gasteiger partial charge in [0.15, 0.2) is 0 Å². The molecule has 16 heavy (non-hydrogen) atoms. The molecule has 0 aromatic heterocycles. The van der Waals surface area contributed by atoms with E-state index in [4.69, 9.17) is 0 Å². The number of hydrogen-bond acceptors (Lipinski definition) is 3. The molecular weight excluding hydrogens is 200 g/mol. The SMILES string of the molecule is CCNC(C)C(C)(C)CN(C)CC(C)(C)O. The van der Waals surface area contributed by atoms with Crippen molar-refractivity contribution in [2.75, 3.05) is 26.7 Å². The summed E-state index contributed by atoms with van der Waals surface area (Å²) in [5.41, 5.74) is -0.414. The fraction of sp³-hybridized carbons (Fsp3) is 1.00. The number of hydrogen-bond donors (Lipinski definition) is 2. The van der Waals surface area contributed by atoms with E-state index in [-0.39, 0.29) is 5.41 Å². The molecule has 0 aliphatic rings. The molecule has 3 nitrogen and oxygen atoms in total. The third-order valence-corrected chi connectivity index (χ3v) is 3.02. The first-order valence-electron chi connectivity index (χ1n) is 6.23. The minimum absolute atomic E-state index is 0.204. The zero-order valence-electron chi connectivity index (χ0n) is 12.1. The molecule has 3 heteroatoms. The van der Waals surface area contributed by atoms with Crippen molar-refractivity contribution in [2.24, 2.45) is 5.41 Å². The van der Waals surface area contributed by atoms with Crippen LogP contribution in [0.1, 0.15) is 41.5 Å². The molecular formula is C13H30N2O. The van der Waals surface area contributed by atoms with Gasteiger partial charge in [-0.25, -0.2) is 0 Å². The van der Waals surface area contributed by atoms with Crippen molar-refractivity contribution in [1.82, 2.24) is 10.2 Å². The van der Waals surface area contributed by atoms with E-state index in [1.807, 2.05) is 13.8 Å². The number of likely N-dealkylation sites (N-methyl/N-ethyl adjacent to an activating group) is 1. The molecule has 1 atom stereocenters. The van der Waals surface area contributed by atoms with Crippen LogP contribution in [-0.2, 0) is 0 Å². The maximum absolute atomic E-state index is 9.77. The van der Waals surface area contributed by atoms with Crippen LogP contribution in [0.3, 0.4) is 0 Å². The Kier molecular flexibility index (Phi) is 5.94. The summed E-state index contributed by atoms with van der Waals surface area (Å²) in [6.07, 6.45) is 0. The molecule has 0 aliphatic heterocycles. The van der Waals surface area contributed by atoms with Gasteiger partial charge in [0, 0.05) is 19.1 Å². The van der Waals surface area contributed by atoms with E-state index in [1.54, 1.807) is 0 Å². The van der Waals surface area contributed by atoms with E-state index in [2.05, 4.69) is 45.0 Å². The number of nitrogens with zero attached hydrogens (tertiary/aromatic N) is 1. The lowest BCUT2D eigenvalue weighted by Gasteiger charge is -2.37. The van der Waals surface area contributed by atoms with Crippen LogP contribution in [0.4, 0.5) is 0 Å². The molecule has 0 saturated heterocycles. The van der Waals surface area contributed by atoms with Crippen molar-refractivity contribution in [3.05, 3.63) is 0 Å². The minimum Gasteiger partial charge on any atom is -0.389 e. The topological polar surface area (TPSA) is 35.5 Å². The quantitative estimate of drug-likeness (QED) is 0.699. The van der Waals surface area contributed by atoms with Crippen molar-refractivity contribution < 1.29 is 5.11 Å². The summed E-state index contributed by atoms with van der Waals surface area (Å²) in [6, 6.07) is 0.474. The van der Waals surface area contributed by atoms with E-state index < -0.39 is 5.60 Å². The maximum atomic E-state index is 9.77. The lowest BCUT2D eigenvalue weighted by atomic mass is 9.84. The fourth-order valence-corrected chi connectivity index (χ4v) is 2.13. The molecule has 0 bridgehead atoms. The first-order chi connectivity index (χ1) is 7.08. The van der Waals surface area contributed by atoms with Crippen molar-refractivity contribution in [3.63, 3.8) is 0 Å². The molecule has 0 spiro atoms. The van der Waals surface area contributed by atoms with Gasteiger partial charge in [-0.15, -0.1) is 0 Å². The largest absolute Gasteiger partial charge is 0.389 e. The van der Waals surface area contributed by atoms with Crippen LogP contribution in [-0.4, -0.2) is 48.3 Å². The summed E-state index contributed by atoms with van der Waals surface area (Å²) in [7, 11) is 2.07. The van der Waals surface area contributed by atoms with Crippen LogP contribution in [0.2, 0.25) is 0 Å². The van der Waals surface area contributed by atoms with Crippen LogP contribution < -0.4 is 5.32 Å². The van der Waals surface area contributed by atoms with Gasteiger partial charge in [-0.1, -0.05) is 20.8 Å². The Hall–Kier alpha value is -0.120. The number of aliphatic hydroxyl groups is 1. The Bertz CT molecular complexity index is 197. The Balaban J connectivity index is 4.24. The maximum Gasteiger partial charge on any atom is 0.0718 e. The molecule has 1 unspecified atom stereocenters. The summed E-state index contributed by atoms with van der Waals surface area (Å²) >= 11 is 0. The highest BCUT2D eigenvalue weighted by Crippen LogP contribution is 2.22. The Labute approximate surface area is 101 Å². The second-order valence-corrected chi connectivity index (χ2v) is 6.25. The van der Waals surface area contributed by atoms with Crippen LogP contribution in [0.25, 0.3) is 0 Å². The summed E-state index contributed by atoms with van der Waals surface area (Å²) in [6.45, 7) is 15.3. The van der Waals surface area contributed by atoms with E-state index in [1.165, 1.54) is 0 Å². The lowest BCUT2D eigenvalue weighted by Crippen LogP contribution is -2.48.